The summed E-state index contributed by atoms with van der Waals surface area (Å²) in [5.74, 6) is 1.60. The van der Waals surface area contributed by atoms with Gasteiger partial charge in [-0.25, -0.2) is 0 Å². The molecule has 0 spiro atoms. The average molecular weight is 272 g/mol. The van der Waals surface area contributed by atoms with Crippen LogP contribution in [0.2, 0.25) is 0 Å². The number of hydrogen-bond acceptors (Lipinski definition) is 3. The summed E-state index contributed by atoms with van der Waals surface area (Å²) in [4.78, 5) is 2.61. The highest BCUT2D eigenvalue weighted by Crippen LogP contribution is 2.06. The molecule has 0 aromatic rings. The second-order valence-corrected chi connectivity index (χ2v) is 6.30. The van der Waals surface area contributed by atoms with Gasteiger partial charge in [-0.1, -0.05) is 27.7 Å². The maximum Gasteiger partial charge on any atom is 0.0474 e. The van der Waals surface area contributed by atoms with Crippen molar-refractivity contribution in [3.8, 4) is 0 Å². The van der Waals surface area contributed by atoms with E-state index >= 15 is 0 Å². The third kappa shape index (κ3) is 14.1. The summed E-state index contributed by atoms with van der Waals surface area (Å²) in [6.07, 6.45) is 3.72. The molecule has 1 N–H and O–H groups in total. The van der Waals surface area contributed by atoms with Gasteiger partial charge in [0.25, 0.3) is 0 Å². The summed E-state index contributed by atoms with van der Waals surface area (Å²) in [5.41, 5.74) is 0. The van der Waals surface area contributed by atoms with Crippen molar-refractivity contribution in [2.75, 3.05) is 46.4 Å². The third-order valence-electron chi connectivity index (χ3n) is 3.35. The summed E-state index contributed by atoms with van der Waals surface area (Å²) < 4.78 is 5.05. The molecule has 0 aliphatic heterocycles. The van der Waals surface area contributed by atoms with Crippen LogP contribution >= 0.6 is 0 Å². The molecule has 0 aliphatic carbocycles. The Labute approximate surface area is 121 Å². The van der Waals surface area contributed by atoms with Crippen LogP contribution in [0, 0.1) is 11.8 Å². The van der Waals surface area contributed by atoms with Gasteiger partial charge in [0.15, 0.2) is 0 Å². The van der Waals surface area contributed by atoms with E-state index in [0.29, 0.717) is 0 Å². The van der Waals surface area contributed by atoms with Crippen LogP contribution in [-0.2, 0) is 4.74 Å². The second kappa shape index (κ2) is 12.9. The van der Waals surface area contributed by atoms with E-state index in [9.17, 15) is 0 Å². The van der Waals surface area contributed by atoms with Gasteiger partial charge in [0.05, 0.1) is 0 Å². The average Bonchev–Trinajstić information content (AvgIpc) is 2.35. The fraction of sp³-hybridized carbons (Fsp3) is 1.00. The molecule has 0 amide bonds. The van der Waals surface area contributed by atoms with E-state index in [1.807, 2.05) is 0 Å². The molecule has 3 nitrogen and oxygen atoms in total. The van der Waals surface area contributed by atoms with Crippen LogP contribution in [-0.4, -0.2) is 51.3 Å². The molecule has 0 atom stereocenters. The standard InChI is InChI=1S/C16H36N2O/c1-15(2)7-11-18(12-8-16(3)4)13-10-17-9-6-14-19-5/h15-17H,6-14H2,1-5H3. The fourth-order valence-corrected chi connectivity index (χ4v) is 1.92. The summed E-state index contributed by atoms with van der Waals surface area (Å²) in [7, 11) is 1.76. The predicted octanol–water partition coefficient (Wildman–Crippen LogP) is 3.01. The minimum absolute atomic E-state index is 0.802. The van der Waals surface area contributed by atoms with Gasteiger partial charge in [0.1, 0.15) is 0 Å². The largest absolute Gasteiger partial charge is 0.385 e. The Hall–Kier alpha value is -0.120. The Morgan fingerprint density at radius 3 is 1.95 bits per heavy atom. The number of nitrogens with one attached hydrogen (secondary N) is 1. The van der Waals surface area contributed by atoms with Crippen molar-refractivity contribution in [1.82, 2.24) is 10.2 Å². The molecule has 0 fully saturated rings. The second-order valence-electron chi connectivity index (χ2n) is 6.30. The first kappa shape index (κ1) is 18.9. The highest BCUT2D eigenvalue weighted by atomic mass is 16.5. The number of methoxy groups -OCH3 is 1. The lowest BCUT2D eigenvalue weighted by molar-refractivity contribution is 0.193. The summed E-state index contributed by atoms with van der Waals surface area (Å²) in [6.45, 7) is 15.9. The fourth-order valence-electron chi connectivity index (χ4n) is 1.92. The normalized spacial score (nSPS) is 12.0. The lowest BCUT2D eigenvalue weighted by Crippen LogP contribution is -2.35. The molecular formula is C16H36N2O. The highest BCUT2D eigenvalue weighted by molar-refractivity contribution is 4.63. The van der Waals surface area contributed by atoms with Crippen LogP contribution in [0.15, 0.2) is 0 Å². The first-order chi connectivity index (χ1) is 9.06. The first-order valence-electron chi connectivity index (χ1n) is 7.98. The Kier molecular flexibility index (Phi) is 12.8. The summed E-state index contributed by atoms with van der Waals surface area (Å²) in [5, 5.41) is 3.50. The van der Waals surface area contributed by atoms with Crippen molar-refractivity contribution in [3.05, 3.63) is 0 Å². The third-order valence-corrected chi connectivity index (χ3v) is 3.35. The van der Waals surface area contributed by atoms with Crippen molar-refractivity contribution in [2.45, 2.75) is 47.0 Å². The van der Waals surface area contributed by atoms with Crippen LogP contribution in [0.4, 0.5) is 0 Å². The van der Waals surface area contributed by atoms with E-state index in [-0.39, 0.29) is 0 Å². The van der Waals surface area contributed by atoms with Gasteiger partial charge in [0.2, 0.25) is 0 Å². The number of ether oxygens (including phenoxy) is 1. The highest BCUT2D eigenvalue weighted by Gasteiger charge is 2.06. The zero-order valence-electron chi connectivity index (χ0n) is 13.9. The van der Waals surface area contributed by atoms with E-state index in [2.05, 4.69) is 37.9 Å². The quantitative estimate of drug-likeness (QED) is 0.522. The Bertz CT molecular complexity index is 172. The minimum Gasteiger partial charge on any atom is -0.385 e. The van der Waals surface area contributed by atoms with Crippen LogP contribution in [0.5, 0.6) is 0 Å². The van der Waals surface area contributed by atoms with Gasteiger partial charge in [0, 0.05) is 26.8 Å². The SMILES string of the molecule is COCCCNCCN(CCC(C)C)CCC(C)C. The summed E-state index contributed by atoms with van der Waals surface area (Å²) in [6, 6.07) is 0. The van der Waals surface area contributed by atoms with Crippen molar-refractivity contribution < 1.29 is 4.74 Å². The maximum atomic E-state index is 5.05. The number of nitrogens with zero attached hydrogens (tertiary/aromatic N) is 1. The molecule has 3 heteroatoms. The molecule has 0 saturated heterocycles. The van der Waals surface area contributed by atoms with Crippen molar-refractivity contribution in [3.63, 3.8) is 0 Å². The first-order valence-corrected chi connectivity index (χ1v) is 7.98. The van der Waals surface area contributed by atoms with Crippen LogP contribution in [0.25, 0.3) is 0 Å². The monoisotopic (exact) mass is 272 g/mol. The smallest absolute Gasteiger partial charge is 0.0474 e. The molecule has 0 unspecified atom stereocenters. The topological polar surface area (TPSA) is 24.5 Å². The molecule has 0 aromatic heterocycles. The van der Waals surface area contributed by atoms with E-state index in [1.54, 1.807) is 7.11 Å². The van der Waals surface area contributed by atoms with E-state index in [0.717, 1.165) is 38.0 Å². The van der Waals surface area contributed by atoms with Crippen molar-refractivity contribution in [1.29, 1.82) is 0 Å². The molecule has 19 heavy (non-hydrogen) atoms. The zero-order valence-corrected chi connectivity index (χ0v) is 13.9. The minimum atomic E-state index is 0.802. The van der Waals surface area contributed by atoms with Gasteiger partial charge in [-0.2, -0.15) is 0 Å². The van der Waals surface area contributed by atoms with Gasteiger partial charge < -0.3 is 15.0 Å². The molecule has 0 radical (unpaired) electrons. The lowest BCUT2D eigenvalue weighted by Gasteiger charge is -2.24. The maximum absolute atomic E-state index is 5.05. The lowest BCUT2D eigenvalue weighted by atomic mass is 10.1. The van der Waals surface area contributed by atoms with E-state index in [1.165, 1.54) is 32.5 Å². The molecule has 0 bridgehead atoms. The van der Waals surface area contributed by atoms with Crippen LogP contribution in [0.3, 0.4) is 0 Å². The van der Waals surface area contributed by atoms with Crippen LogP contribution in [0.1, 0.15) is 47.0 Å². The van der Waals surface area contributed by atoms with Crippen molar-refractivity contribution in [2.24, 2.45) is 11.8 Å². The Morgan fingerprint density at radius 1 is 0.895 bits per heavy atom. The van der Waals surface area contributed by atoms with E-state index < -0.39 is 0 Å². The van der Waals surface area contributed by atoms with Crippen molar-refractivity contribution >= 4 is 0 Å². The Balaban J connectivity index is 3.71. The van der Waals surface area contributed by atoms with Gasteiger partial charge in [-0.05, 0) is 50.7 Å². The number of hydrogen-bond donors (Lipinski definition) is 1. The molecule has 0 saturated carbocycles. The van der Waals surface area contributed by atoms with Gasteiger partial charge in [-0.3, -0.25) is 0 Å². The Morgan fingerprint density at radius 2 is 1.47 bits per heavy atom. The predicted molar refractivity (Wildman–Crippen MR) is 84.7 cm³/mol. The number of rotatable bonds is 13. The molecule has 0 aliphatic rings. The summed E-state index contributed by atoms with van der Waals surface area (Å²) >= 11 is 0. The molecule has 0 aromatic carbocycles. The molecule has 0 heterocycles. The van der Waals surface area contributed by atoms with E-state index in [4.69, 9.17) is 4.74 Å². The molecule has 0 rings (SSSR count). The molecule has 116 valence electrons. The molecular weight excluding hydrogens is 236 g/mol. The van der Waals surface area contributed by atoms with Gasteiger partial charge in [-0.15, -0.1) is 0 Å². The zero-order chi connectivity index (χ0) is 14.5. The van der Waals surface area contributed by atoms with Gasteiger partial charge >= 0.3 is 0 Å². The van der Waals surface area contributed by atoms with Crippen LogP contribution < -0.4 is 5.32 Å².